The fourth-order valence-corrected chi connectivity index (χ4v) is 15.5. The summed E-state index contributed by atoms with van der Waals surface area (Å²) in [5.74, 6) is 0.865. The Morgan fingerprint density at radius 3 is 1.89 bits per heavy atom. The summed E-state index contributed by atoms with van der Waals surface area (Å²) in [6.45, 7) is 8.69. The average Bonchev–Trinajstić information content (AvgIpc) is 4.02. The molecule has 0 radical (unpaired) electrons. The molecule has 31 atom stereocenters. The van der Waals surface area contributed by atoms with Crippen molar-refractivity contribution in [3.63, 3.8) is 0 Å². The molecule has 13 N–H and O–H groups in total. The number of aliphatic hydroxyl groups excluding tert-OH is 13. The minimum Gasteiger partial charge on any atom is -0.394 e. The average molecular weight is 1060 g/mol. The maximum absolute atomic E-state index is 11.2. The van der Waals surface area contributed by atoms with Gasteiger partial charge in [0, 0.05) is 12.3 Å². The Labute approximate surface area is 430 Å². The van der Waals surface area contributed by atoms with Crippen LogP contribution in [-0.4, -0.2) is 239 Å². The summed E-state index contributed by atoms with van der Waals surface area (Å²) in [5, 5.41) is 137. The molecule has 3 saturated carbocycles. The third-order valence-electron chi connectivity index (χ3n) is 19.9. The van der Waals surface area contributed by atoms with Gasteiger partial charge in [0.05, 0.1) is 50.3 Å². The van der Waals surface area contributed by atoms with Crippen LogP contribution in [-0.2, 0) is 47.4 Å². The van der Waals surface area contributed by atoms with E-state index in [1.165, 1.54) is 12.5 Å². The van der Waals surface area contributed by atoms with Crippen LogP contribution in [0.5, 0.6) is 0 Å². The third kappa shape index (κ3) is 9.48. The number of fused-ring (bicyclic) bond motifs is 7. The second-order valence-electron chi connectivity index (χ2n) is 24.2. The third-order valence-corrected chi connectivity index (χ3v) is 19.9. The minimum absolute atomic E-state index is 0.0154. The molecule has 23 nitrogen and oxygen atoms in total. The monoisotopic (exact) mass is 1060 g/mol. The van der Waals surface area contributed by atoms with Gasteiger partial charge in [-0.25, -0.2) is 0 Å². The smallest absolute Gasteiger partial charge is 0.187 e. The lowest BCUT2D eigenvalue weighted by atomic mass is 9.47. The van der Waals surface area contributed by atoms with Crippen LogP contribution in [0.1, 0.15) is 92.4 Å². The van der Waals surface area contributed by atoms with E-state index in [0.29, 0.717) is 43.4 Å². The van der Waals surface area contributed by atoms with E-state index < -0.39 is 154 Å². The topological polar surface area (TPSA) is 355 Å². The van der Waals surface area contributed by atoms with Gasteiger partial charge in [-0.3, -0.25) is 0 Å². The second kappa shape index (κ2) is 21.0. The van der Waals surface area contributed by atoms with Gasteiger partial charge in [-0.05, 0) is 99.7 Å². The first-order valence-corrected chi connectivity index (χ1v) is 26.9. The van der Waals surface area contributed by atoms with E-state index in [4.69, 9.17) is 47.4 Å². The number of hydrogen-bond acceptors (Lipinski definition) is 23. The molecule has 0 aromatic carbocycles. The molecule has 0 amide bonds. The summed E-state index contributed by atoms with van der Waals surface area (Å²) in [7, 11) is 0. The predicted molar refractivity (Wildman–Crippen MR) is 248 cm³/mol. The molecule has 0 aromatic rings. The highest BCUT2D eigenvalue weighted by atomic mass is 16.8. The first-order valence-electron chi connectivity index (χ1n) is 26.9. The lowest BCUT2D eigenvalue weighted by Crippen LogP contribution is -2.64. The highest BCUT2D eigenvalue weighted by Crippen LogP contribution is 2.71. The Morgan fingerprint density at radius 2 is 1.20 bits per heavy atom. The predicted octanol–water partition coefficient (Wildman–Crippen LogP) is -2.85. The highest BCUT2D eigenvalue weighted by molar-refractivity contribution is 5.27. The maximum atomic E-state index is 11.2. The number of rotatable bonds is 12. The molecule has 23 heteroatoms. The molecule has 424 valence electrons. The molecule has 74 heavy (non-hydrogen) atoms. The minimum atomic E-state index is -1.78. The summed E-state index contributed by atoms with van der Waals surface area (Å²) < 4.78 is 61.1. The molecule has 0 aromatic heterocycles. The molecule has 0 unspecified atom stereocenters. The van der Waals surface area contributed by atoms with Crippen molar-refractivity contribution in [1.82, 2.24) is 0 Å². The summed E-state index contributed by atoms with van der Waals surface area (Å²) in [6.07, 6.45) is -20.8. The molecule has 0 bridgehead atoms. The standard InChI is InChI=1S/C51H82O23/c1-20-31-27(73-51(20)13-12-48(3,74-51)19-66-44-40(62)37(59)33(55)28(16-52)69-44)15-26-24-7-6-22-14-23(8-10-49(22,4)25(24)9-11-50(26,31)5)68-46-42(64)38(60)35(57)30(71-46)18-65-47-43(39(61)34(56)29(17-53)70-47)72-45-41(63)36(58)32(54)21(2)67-45/h6,20-21,23-47,52-64H,7-19H2,1-5H3/t20-,21-,23-,24+,25-,26-,27-,28+,29+,30+,31-,32-,33+,34+,35+,36+,37-,38-,39-,40+,41+,42+,43+,44+,45-,46+,47+,48-,49-,50-,51-/m0/s1. The SMILES string of the molecule is C[C@@H]1O[C@@H](O[C@H]2[C@H](OC[C@H]3O[C@@H](O[C@H]4CC[C@@]5(C)C(=CC[C@H]6[C@@H]7C[C@@H]8O[C@]9(CC[C@@](C)(CO[C@@H]%10O[C@H](CO)[C@@H](O)[C@H](O)[C@H]%10O)O9)[C@@H](C)[C@@H]8[C@@]7(C)CC[C@@H]65)C4)[C@H](O)[C@@H](O)[C@@H]3O)O[C@H](CO)[C@@H](O)[C@@H]2O)[C@H](O)[C@H](O)[C@H]1O. The van der Waals surface area contributed by atoms with Gasteiger partial charge in [0.15, 0.2) is 30.9 Å². The van der Waals surface area contributed by atoms with Crippen LogP contribution in [0.15, 0.2) is 11.6 Å². The van der Waals surface area contributed by atoms with Crippen molar-refractivity contribution in [3.05, 3.63) is 11.6 Å². The van der Waals surface area contributed by atoms with E-state index in [1.54, 1.807) is 0 Å². The van der Waals surface area contributed by atoms with Crippen LogP contribution >= 0.6 is 0 Å². The van der Waals surface area contributed by atoms with Crippen LogP contribution < -0.4 is 0 Å². The van der Waals surface area contributed by atoms with Crippen LogP contribution in [0.4, 0.5) is 0 Å². The molecule has 10 rings (SSSR count). The number of hydrogen-bond donors (Lipinski definition) is 13. The maximum Gasteiger partial charge on any atom is 0.187 e. The molecule has 1 spiro atoms. The van der Waals surface area contributed by atoms with Crippen LogP contribution in [0, 0.1) is 40.4 Å². The van der Waals surface area contributed by atoms with Gasteiger partial charge in [-0.2, -0.15) is 0 Å². The van der Waals surface area contributed by atoms with E-state index in [2.05, 4.69) is 26.8 Å². The normalized spacial score (nSPS) is 57.4. The summed E-state index contributed by atoms with van der Waals surface area (Å²) in [4.78, 5) is 0. The first kappa shape index (κ1) is 56.1. The van der Waals surface area contributed by atoms with E-state index in [9.17, 15) is 66.4 Å². The van der Waals surface area contributed by atoms with Crippen molar-refractivity contribution < 1.29 is 114 Å². The molecule has 10 aliphatic rings. The van der Waals surface area contributed by atoms with Crippen molar-refractivity contribution in [2.75, 3.05) is 26.4 Å². The van der Waals surface area contributed by atoms with Crippen molar-refractivity contribution >= 4 is 0 Å². The van der Waals surface area contributed by atoms with Crippen molar-refractivity contribution in [1.29, 1.82) is 0 Å². The highest BCUT2D eigenvalue weighted by Gasteiger charge is 2.70. The van der Waals surface area contributed by atoms with Crippen molar-refractivity contribution in [3.8, 4) is 0 Å². The zero-order valence-electron chi connectivity index (χ0n) is 42.8. The summed E-state index contributed by atoms with van der Waals surface area (Å²) in [5.41, 5.74) is 0.443. The van der Waals surface area contributed by atoms with Gasteiger partial charge < -0.3 is 114 Å². The summed E-state index contributed by atoms with van der Waals surface area (Å²) >= 11 is 0. The zero-order chi connectivity index (χ0) is 53.1. The Balaban J connectivity index is 0.756. The van der Waals surface area contributed by atoms with Crippen LogP contribution in [0.25, 0.3) is 0 Å². The van der Waals surface area contributed by atoms with Crippen molar-refractivity contribution in [2.24, 2.45) is 40.4 Å². The van der Waals surface area contributed by atoms with Crippen LogP contribution in [0.3, 0.4) is 0 Å². The zero-order valence-corrected chi connectivity index (χ0v) is 42.8. The molecular formula is C51H82O23. The van der Waals surface area contributed by atoms with Gasteiger partial charge in [0.1, 0.15) is 91.6 Å². The van der Waals surface area contributed by atoms with E-state index >= 15 is 0 Å². The van der Waals surface area contributed by atoms with Gasteiger partial charge in [-0.1, -0.05) is 32.4 Å². The van der Waals surface area contributed by atoms with Gasteiger partial charge in [0.25, 0.3) is 0 Å². The fourth-order valence-electron chi connectivity index (χ4n) is 15.5. The van der Waals surface area contributed by atoms with E-state index in [-0.39, 0.29) is 41.5 Å². The molecular weight excluding hydrogens is 981 g/mol. The van der Waals surface area contributed by atoms with Gasteiger partial charge >= 0.3 is 0 Å². The van der Waals surface area contributed by atoms with Crippen molar-refractivity contribution in [2.45, 2.75) is 239 Å². The Morgan fingerprint density at radius 1 is 0.595 bits per heavy atom. The second-order valence-corrected chi connectivity index (χ2v) is 24.2. The molecule has 6 heterocycles. The molecule has 6 aliphatic heterocycles. The first-order chi connectivity index (χ1) is 35.0. The number of aliphatic hydroxyl groups is 13. The summed E-state index contributed by atoms with van der Waals surface area (Å²) in [6, 6.07) is 0. The fraction of sp³-hybridized carbons (Fsp3) is 0.961. The number of allylic oxidation sites excluding steroid dienone is 1. The largest absolute Gasteiger partial charge is 0.394 e. The van der Waals surface area contributed by atoms with Gasteiger partial charge in [0.2, 0.25) is 0 Å². The van der Waals surface area contributed by atoms with E-state index in [0.717, 1.165) is 32.1 Å². The Kier molecular flexibility index (Phi) is 16.0. The quantitative estimate of drug-likeness (QED) is 0.0875. The lowest BCUT2D eigenvalue weighted by molar-refractivity contribution is -0.371. The molecule has 9 fully saturated rings. The number of ether oxygens (including phenoxy) is 10. The Bertz CT molecular complexity index is 1990. The van der Waals surface area contributed by atoms with E-state index in [1.807, 2.05) is 6.92 Å². The Hall–Kier alpha value is -1.18. The van der Waals surface area contributed by atoms with Gasteiger partial charge in [-0.15, -0.1) is 0 Å². The lowest BCUT2D eigenvalue weighted by Gasteiger charge is -2.58. The van der Waals surface area contributed by atoms with Crippen LogP contribution in [0.2, 0.25) is 0 Å². The molecule has 6 saturated heterocycles. The molecule has 4 aliphatic carbocycles.